The van der Waals surface area contributed by atoms with Gasteiger partial charge in [-0.15, -0.1) is 0 Å². The quantitative estimate of drug-likeness (QED) is 0.431. The Morgan fingerprint density at radius 1 is 1.16 bits per heavy atom. The van der Waals surface area contributed by atoms with Crippen LogP contribution in [-0.4, -0.2) is 38.3 Å². The van der Waals surface area contributed by atoms with E-state index < -0.39 is 0 Å². The highest BCUT2D eigenvalue weighted by Crippen LogP contribution is 2.34. The third-order valence-corrected chi connectivity index (χ3v) is 6.69. The van der Waals surface area contributed by atoms with Crippen LogP contribution in [0.4, 0.5) is 17.6 Å². The molecular weight excluding hydrogens is 424 g/mol. The van der Waals surface area contributed by atoms with Crippen LogP contribution in [0.5, 0.6) is 0 Å². The van der Waals surface area contributed by atoms with Crippen LogP contribution in [0.25, 0.3) is 10.9 Å². The fourth-order valence-corrected chi connectivity index (χ4v) is 5.32. The Morgan fingerprint density at radius 2 is 1.97 bits per heavy atom. The summed E-state index contributed by atoms with van der Waals surface area (Å²) in [6, 6.07) is 11.1. The summed E-state index contributed by atoms with van der Waals surface area (Å²) in [6.07, 6.45) is 6.01. The number of nitrogens with one attached hydrogen (secondary N) is 4. The summed E-state index contributed by atoms with van der Waals surface area (Å²) in [5.74, 6) is 2.65. The number of benzene rings is 1. The number of H-pyrrole nitrogens is 1. The van der Waals surface area contributed by atoms with Gasteiger partial charge in [0.25, 0.3) is 0 Å². The Bertz CT molecular complexity index is 1140. The molecule has 2 atom stereocenters. The SMILES string of the molecule is Cc1cc(Nc2nc(NC3CC4CC(CCC#N)CC(C3)N4)nc3ccc(Cl)cc23)n[nH]1. The predicted octanol–water partition coefficient (Wildman–Crippen LogP) is 4.67. The van der Waals surface area contributed by atoms with Crippen molar-refractivity contribution in [3.8, 4) is 6.07 Å². The van der Waals surface area contributed by atoms with E-state index in [9.17, 15) is 0 Å². The van der Waals surface area contributed by atoms with Gasteiger partial charge in [0.1, 0.15) is 5.82 Å². The molecule has 4 N–H and O–H groups in total. The standard InChI is InChI=1S/C23H27ClN8/c1-13-7-21(32-31-13)29-22-19-10-15(24)4-5-20(19)28-23(30-22)27-18-11-16-8-14(3-2-6-25)9-17(12-18)26-16/h4-5,7,10,14,16-18,26H,2-3,8-9,11-12H2,1H3,(H3,27,28,29,30,31,32). The van der Waals surface area contributed by atoms with E-state index in [2.05, 4.69) is 32.2 Å². The lowest BCUT2D eigenvalue weighted by Gasteiger charge is -2.43. The summed E-state index contributed by atoms with van der Waals surface area (Å²) in [6.45, 7) is 1.96. The maximum absolute atomic E-state index is 8.91. The minimum atomic E-state index is 0.313. The van der Waals surface area contributed by atoms with Crippen LogP contribution in [0.2, 0.25) is 5.02 Å². The molecule has 0 saturated carbocycles. The number of halogens is 1. The van der Waals surface area contributed by atoms with E-state index in [1.165, 1.54) is 0 Å². The number of rotatable bonds is 6. The summed E-state index contributed by atoms with van der Waals surface area (Å²) in [7, 11) is 0. The molecule has 3 aromatic rings. The van der Waals surface area contributed by atoms with E-state index in [4.69, 9.17) is 26.8 Å². The zero-order valence-electron chi connectivity index (χ0n) is 18.0. The number of aryl methyl sites for hydroxylation is 1. The molecule has 166 valence electrons. The Hall–Kier alpha value is -2.89. The van der Waals surface area contributed by atoms with Crippen molar-refractivity contribution < 1.29 is 0 Å². The summed E-state index contributed by atoms with van der Waals surface area (Å²) in [5, 5.41) is 28.3. The van der Waals surface area contributed by atoms with Gasteiger partial charge in [-0.3, -0.25) is 5.10 Å². The van der Waals surface area contributed by atoms with Crippen LogP contribution < -0.4 is 16.0 Å². The van der Waals surface area contributed by atoms with Gasteiger partial charge in [0, 0.05) is 46.7 Å². The van der Waals surface area contributed by atoms with Gasteiger partial charge in [0.05, 0.1) is 11.6 Å². The van der Waals surface area contributed by atoms with Crippen LogP contribution in [0, 0.1) is 24.2 Å². The van der Waals surface area contributed by atoms with Gasteiger partial charge < -0.3 is 16.0 Å². The zero-order valence-corrected chi connectivity index (χ0v) is 18.8. The number of piperidine rings is 2. The molecule has 2 aliphatic rings. The van der Waals surface area contributed by atoms with Crippen molar-refractivity contribution in [2.45, 2.75) is 63.6 Å². The first kappa shape index (κ1) is 21.0. The van der Waals surface area contributed by atoms with E-state index in [1.54, 1.807) is 0 Å². The van der Waals surface area contributed by atoms with Crippen molar-refractivity contribution in [3.63, 3.8) is 0 Å². The normalized spacial score (nSPS) is 24.8. The van der Waals surface area contributed by atoms with Gasteiger partial charge in [-0.05, 0) is 63.1 Å². The molecule has 0 amide bonds. The monoisotopic (exact) mass is 450 g/mol. The molecule has 2 aliphatic heterocycles. The Morgan fingerprint density at radius 3 is 2.69 bits per heavy atom. The molecule has 0 radical (unpaired) electrons. The third-order valence-electron chi connectivity index (χ3n) is 6.45. The molecule has 4 heterocycles. The number of hydrogen-bond acceptors (Lipinski definition) is 7. The fourth-order valence-electron chi connectivity index (χ4n) is 5.15. The molecule has 2 saturated heterocycles. The Labute approximate surface area is 192 Å². The second kappa shape index (κ2) is 8.93. The van der Waals surface area contributed by atoms with Crippen molar-refractivity contribution in [1.29, 1.82) is 5.26 Å². The first-order chi connectivity index (χ1) is 15.6. The van der Waals surface area contributed by atoms with E-state index in [0.29, 0.717) is 53.1 Å². The van der Waals surface area contributed by atoms with Crippen molar-refractivity contribution in [3.05, 3.63) is 35.0 Å². The van der Waals surface area contributed by atoms with Gasteiger partial charge in [-0.2, -0.15) is 15.3 Å². The minimum absolute atomic E-state index is 0.313. The number of nitriles is 1. The highest BCUT2D eigenvalue weighted by molar-refractivity contribution is 6.31. The highest BCUT2D eigenvalue weighted by atomic mass is 35.5. The van der Waals surface area contributed by atoms with Gasteiger partial charge >= 0.3 is 0 Å². The summed E-state index contributed by atoms with van der Waals surface area (Å²) in [5.41, 5.74) is 1.80. The van der Waals surface area contributed by atoms with Crippen LogP contribution in [0.1, 0.15) is 44.2 Å². The molecule has 0 spiro atoms. The Balaban J connectivity index is 1.36. The zero-order chi connectivity index (χ0) is 22.1. The number of aromatic amines is 1. The average molecular weight is 451 g/mol. The molecular formula is C23H27ClN8. The molecule has 32 heavy (non-hydrogen) atoms. The topological polar surface area (TPSA) is 114 Å². The number of nitrogens with zero attached hydrogens (tertiary/aromatic N) is 4. The minimum Gasteiger partial charge on any atom is -0.351 e. The average Bonchev–Trinajstić information content (AvgIpc) is 3.16. The van der Waals surface area contributed by atoms with Crippen molar-refractivity contribution in [2.75, 3.05) is 10.6 Å². The number of hydrogen-bond donors (Lipinski definition) is 4. The molecule has 5 rings (SSSR count). The van der Waals surface area contributed by atoms with E-state index >= 15 is 0 Å². The molecule has 2 fully saturated rings. The summed E-state index contributed by atoms with van der Waals surface area (Å²) in [4.78, 5) is 9.55. The number of anilines is 3. The molecule has 0 aliphatic carbocycles. The second-order valence-electron chi connectivity index (χ2n) is 9.03. The van der Waals surface area contributed by atoms with Crippen molar-refractivity contribution >= 4 is 40.1 Å². The second-order valence-corrected chi connectivity index (χ2v) is 9.46. The fraction of sp³-hybridized carbons (Fsp3) is 0.478. The smallest absolute Gasteiger partial charge is 0.225 e. The molecule has 1 aromatic carbocycles. The predicted molar refractivity (Wildman–Crippen MR) is 126 cm³/mol. The van der Waals surface area contributed by atoms with Crippen LogP contribution in [0.15, 0.2) is 24.3 Å². The molecule has 8 nitrogen and oxygen atoms in total. The molecule has 2 aromatic heterocycles. The lowest BCUT2D eigenvalue weighted by Crippen LogP contribution is -2.54. The lowest BCUT2D eigenvalue weighted by atomic mass is 9.77. The highest BCUT2D eigenvalue weighted by Gasteiger charge is 2.35. The molecule has 2 bridgehead atoms. The summed E-state index contributed by atoms with van der Waals surface area (Å²) < 4.78 is 0. The lowest BCUT2D eigenvalue weighted by molar-refractivity contribution is 0.171. The maximum atomic E-state index is 8.91. The van der Waals surface area contributed by atoms with Crippen LogP contribution in [-0.2, 0) is 0 Å². The number of fused-ring (bicyclic) bond motifs is 3. The molecule has 9 heteroatoms. The first-order valence-corrected chi connectivity index (χ1v) is 11.6. The number of aromatic nitrogens is 4. The maximum Gasteiger partial charge on any atom is 0.225 e. The van der Waals surface area contributed by atoms with E-state index in [0.717, 1.165) is 48.7 Å². The largest absolute Gasteiger partial charge is 0.351 e. The van der Waals surface area contributed by atoms with Crippen LogP contribution in [0.3, 0.4) is 0 Å². The van der Waals surface area contributed by atoms with E-state index in [-0.39, 0.29) is 0 Å². The summed E-state index contributed by atoms with van der Waals surface area (Å²) >= 11 is 6.25. The van der Waals surface area contributed by atoms with E-state index in [1.807, 2.05) is 31.2 Å². The first-order valence-electron chi connectivity index (χ1n) is 11.2. The third kappa shape index (κ3) is 4.64. The van der Waals surface area contributed by atoms with Crippen molar-refractivity contribution in [2.24, 2.45) is 5.92 Å². The van der Waals surface area contributed by atoms with Gasteiger partial charge in [0.2, 0.25) is 5.95 Å². The Kier molecular flexibility index (Phi) is 5.85. The van der Waals surface area contributed by atoms with Crippen LogP contribution >= 0.6 is 11.6 Å². The molecule has 2 unspecified atom stereocenters. The van der Waals surface area contributed by atoms with Crippen molar-refractivity contribution in [1.82, 2.24) is 25.5 Å². The van der Waals surface area contributed by atoms with Gasteiger partial charge in [-0.1, -0.05) is 11.6 Å². The van der Waals surface area contributed by atoms with Gasteiger partial charge in [0.15, 0.2) is 5.82 Å². The van der Waals surface area contributed by atoms with Gasteiger partial charge in [-0.25, -0.2) is 4.98 Å².